The summed E-state index contributed by atoms with van der Waals surface area (Å²) in [5.74, 6) is -1.02. The molecule has 0 aliphatic carbocycles. The third kappa shape index (κ3) is 3.65. The lowest BCUT2D eigenvalue weighted by molar-refractivity contribution is -0.145. The zero-order valence-corrected chi connectivity index (χ0v) is 11.4. The molecular formula is C14H16N2O5. The van der Waals surface area contributed by atoms with Crippen molar-refractivity contribution in [1.29, 1.82) is 0 Å². The number of fused-ring (bicyclic) bond motifs is 1. The number of phenols is 1. The van der Waals surface area contributed by atoms with Crippen LogP contribution in [-0.4, -0.2) is 39.9 Å². The van der Waals surface area contributed by atoms with Crippen molar-refractivity contribution in [3.05, 3.63) is 30.0 Å². The van der Waals surface area contributed by atoms with Crippen LogP contribution in [0.2, 0.25) is 0 Å². The first-order chi connectivity index (χ1) is 9.97. The summed E-state index contributed by atoms with van der Waals surface area (Å²) in [6.07, 6.45) is 0.374. The smallest absolute Gasteiger partial charge is 0.407 e. The number of phenolic OH excluding ortho intramolecular Hbond substituents is 1. The number of alkyl carbamates (subject to hydrolysis) is 1. The van der Waals surface area contributed by atoms with Crippen LogP contribution in [-0.2, 0) is 16.0 Å². The highest BCUT2D eigenvalue weighted by atomic mass is 16.6. The van der Waals surface area contributed by atoms with Crippen LogP contribution in [0.5, 0.6) is 5.75 Å². The number of rotatable bonds is 5. The van der Waals surface area contributed by atoms with E-state index in [0.717, 1.165) is 16.5 Å². The number of hydrogen-bond donors (Lipinski definition) is 4. The van der Waals surface area contributed by atoms with Gasteiger partial charge in [-0.05, 0) is 37.1 Å². The van der Waals surface area contributed by atoms with Gasteiger partial charge < -0.3 is 25.3 Å². The van der Waals surface area contributed by atoms with Crippen molar-refractivity contribution in [1.82, 2.24) is 10.3 Å². The summed E-state index contributed by atoms with van der Waals surface area (Å²) in [5.41, 5.74) is 1.83. The van der Waals surface area contributed by atoms with Gasteiger partial charge in [0, 0.05) is 23.6 Å². The molecule has 0 spiro atoms. The highest BCUT2D eigenvalue weighted by Crippen LogP contribution is 2.22. The number of nitrogens with one attached hydrogen (secondary N) is 2. The number of carbonyl (C=O) groups is 2. The molecule has 2 aromatic rings. The van der Waals surface area contributed by atoms with Crippen LogP contribution in [0.1, 0.15) is 12.5 Å². The molecule has 0 aliphatic rings. The van der Waals surface area contributed by atoms with Gasteiger partial charge in [-0.25, -0.2) is 9.59 Å². The third-order valence-electron chi connectivity index (χ3n) is 3.05. The average molecular weight is 292 g/mol. The van der Waals surface area contributed by atoms with Crippen LogP contribution in [0.3, 0.4) is 0 Å². The van der Waals surface area contributed by atoms with E-state index < -0.39 is 18.2 Å². The maximum atomic E-state index is 11.4. The zero-order valence-electron chi connectivity index (χ0n) is 11.4. The number of aromatic amines is 1. The SMILES string of the molecule is CC(OC(=O)NCCc1c[nH]c2ccc(O)cc12)C(=O)O. The number of aromatic nitrogens is 1. The Hall–Kier alpha value is -2.70. The summed E-state index contributed by atoms with van der Waals surface area (Å²) in [7, 11) is 0. The summed E-state index contributed by atoms with van der Waals surface area (Å²) in [4.78, 5) is 25.0. The van der Waals surface area contributed by atoms with Crippen molar-refractivity contribution in [3.63, 3.8) is 0 Å². The molecule has 0 saturated heterocycles. The number of carbonyl (C=O) groups excluding carboxylic acids is 1. The van der Waals surface area contributed by atoms with Crippen molar-refractivity contribution in [2.45, 2.75) is 19.4 Å². The Morgan fingerprint density at radius 1 is 1.43 bits per heavy atom. The van der Waals surface area contributed by atoms with Crippen molar-refractivity contribution in [2.75, 3.05) is 6.54 Å². The van der Waals surface area contributed by atoms with Gasteiger partial charge in [0.2, 0.25) is 0 Å². The second-order valence-electron chi connectivity index (χ2n) is 4.61. The molecule has 7 heteroatoms. The monoisotopic (exact) mass is 292 g/mol. The molecule has 1 heterocycles. The molecule has 112 valence electrons. The predicted molar refractivity (Wildman–Crippen MR) is 75.2 cm³/mol. The summed E-state index contributed by atoms with van der Waals surface area (Å²) in [5, 5.41) is 21.5. The van der Waals surface area contributed by atoms with E-state index in [4.69, 9.17) is 5.11 Å². The topological polar surface area (TPSA) is 112 Å². The molecule has 4 N–H and O–H groups in total. The Morgan fingerprint density at radius 2 is 2.19 bits per heavy atom. The van der Waals surface area contributed by atoms with Gasteiger partial charge in [0.1, 0.15) is 5.75 Å². The molecule has 2 rings (SSSR count). The largest absolute Gasteiger partial charge is 0.508 e. The van der Waals surface area contributed by atoms with E-state index >= 15 is 0 Å². The minimum Gasteiger partial charge on any atom is -0.508 e. The number of carboxylic acid groups (broad SMARTS) is 1. The normalized spacial score (nSPS) is 12.0. The minimum absolute atomic E-state index is 0.172. The van der Waals surface area contributed by atoms with E-state index in [0.29, 0.717) is 13.0 Å². The molecular weight excluding hydrogens is 276 g/mol. The lowest BCUT2D eigenvalue weighted by Gasteiger charge is -2.09. The van der Waals surface area contributed by atoms with Gasteiger partial charge in [-0.15, -0.1) is 0 Å². The summed E-state index contributed by atoms with van der Waals surface area (Å²) >= 11 is 0. The number of benzene rings is 1. The Labute approximate surface area is 120 Å². The molecule has 0 saturated carbocycles. The van der Waals surface area contributed by atoms with E-state index in [9.17, 15) is 14.7 Å². The van der Waals surface area contributed by atoms with Crippen LogP contribution in [0.4, 0.5) is 4.79 Å². The fraction of sp³-hybridized carbons (Fsp3) is 0.286. The number of amides is 1. The highest BCUT2D eigenvalue weighted by molar-refractivity contribution is 5.84. The number of ether oxygens (including phenoxy) is 1. The van der Waals surface area contributed by atoms with Crippen molar-refractivity contribution in [2.24, 2.45) is 0 Å². The first-order valence-electron chi connectivity index (χ1n) is 6.43. The number of H-pyrrole nitrogens is 1. The molecule has 1 atom stereocenters. The van der Waals surface area contributed by atoms with Gasteiger partial charge in [-0.2, -0.15) is 0 Å². The van der Waals surface area contributed by atoms with Gasteiger partial charge in [-0.3, -0.25) is 0 Å². The number of aliphatic carboxylic acids is 1. The number of aromatic hydroxyl groups is 1. The first-order valence-corrected chi connectivity index (χ1v) is 6.43. The Balaban J connectivity index is 1.89. The van der Waals surface area contributed by atoms with Crippen LogP contribution in [0.15, 0.2) is 24.4 Å². The van der Waals surface area contributed by atoms with E-state index in [1.165, 1.54) is 6.92 Å². The maximum absolute atomic E-state index is 11.4. The van der Waals surface area contributed by atoms with E-state index in [1.54, 1.807) is 24.4 Å². The summed E-state index contributed by atoms with van der Waals surface area (Å²) in [6, 6.07) is 5.00. The van der Waals surface area contributed by atoms with Gasteiger partial charge in [0.25, 0.3) is 0 Å². The molecule has 1 amide bonds. The maximum Gasteiger partial charge on any atom is 0.407 e. The molecule has 7 nitrogen and oxygen atoms in total. The second-order valence-corrected chi connectivity index (χ2v) is 4.61. The Bertz CT molecular complexity index is 664. The molecule has 21 heavy (non-hydrogen) atoms. The molecule has 0 fully saturated rings. The van der Waals surface area contributed by atoms with Gasteiger partial charge in [0.15, 0.2) is 6.10 Å². The average Bonchev–Trinajstić information content (AvgIpc) is 2.81. The fourth-order valence-electron chi connectivity index (χ4n) is 1.93. The number of hydrogen-bond acceptors (Lipinski definition) is 4. The summed E-state index contributed by atoms with van der Waals surface area (Å²) in [6.45, 7) is 1.58. The van der Waals surface area contributed by atoms with Crippen LogP contribution in [0, 0.1) is 0 Å². The van der Waals surface area contributed by atoms with Gasteiger partial charge in [0.05, 0.1) is 0 Å². The van der Waals surface area contributed by atoms with Gasteiger partial charge in [-0.1, -0.05) is 0 Å². The second kappa shape index (κ2) is 6.17. The molecule has 0 bridgehead atoms. The van der Waals surface area contributed by atoms with Crippen LogP contribution >= 0.6 is 0 Å². The van der Waals surface area contributed by atoms with Crippen molar-refractivity contribution in [3.8, 4) is 5.75 Å². The minimum atomic E-state index is -1.20. The first kappa shape index (κ1) is 14.7. The number of carboxylic acids is 1. The molecule has 0 aliphatic heterocycles. The van der Waals surface area contributed by atoms with Crippen molar-refractivity contribution >= 4 is 23.0 Å². The standard InChI is InChI=1S/C14H16N2O5/c1-8(13(18)19)21-14(20)15-5-4-9-7-16-12-3-2-10(17)6-11(9)12/h2-3,6-8,16-17H,4-5H2,1H3,(H,15,20)(H,18,19). The molecule has 1 aromatic heterocycles. The zero-order chi connectivity index (χ0) is 15.4. The molecule has 1 aromatic carbocycles. The lowest BCUT2D eigenvalue weighted by atomic mass is 10.1. The van der Waals surface area contributed by atoms with Crippen molar-refractivity contribution < 1.29 is 24.5 Å². The van der Waals surface area contributed by atoms with Gasteiger partial charge >= 0.3 is 12.1 Å². The van der Waals surface area contributed by atoms with E-state index in [1.807, 2.05) is 0 Å². The molecule has 0 radical (unpaired) electrons. The fourth-order valence-corrected chi connectivity index (χ4v) is 1.93. The van der Waals surface area contributed by atoms with Crippen LogP contribution < -0.4 is 5.32 Å². The predicted octanol–water partition coefficient (Wildman–Crippen LogP) is 1.62. The summed E-state index contributed by atoms with van der Waals surface area (Å²) < 4.78 is 4.64. The Kier molecular flexibility index (Phi) is 4.32. The van der Waals surface area contributed by atoms with E-state index in [2.05, 4.69) is 15.0 Å². The third-order valence-corrected chi connectivity index (χ3v) is 3.05. The molecule has 1 unspecified atom stereocenters. The van der Waals surface area contributed by atoms with Crippen LogP contribution in [0.25, 0.3) is 10.9 Å². The Morgan fingerprint density at radius 3 is 2.90 bits per heavy atom. The lowest BCUT2D eigenvalue weighted by Crippen LogP contribution is -2.32. The highest BCUT2D eigenvalue weighted by Gasteiger charge is 2.15. The quantitative estimate of drug-likeness (QED) is 0.669. The van der Waals surface area contributed by atoms with E-state index in [-0.39, 0.29) is 5.75 Å².